The van der Waals surface area contributed by atoms with Crippen LogP contribution in [-0.4, -0.2) is 4.57 Å². The van der Waals surface area contributed by atoms with Crippen molar-refractivity contribution in [3.05, 3.63) is 36.5 Å². The maximum absolute atomic E-state index is 6.11. The van der Waals surface area contributed by atoms with Crippen LogP contribution in [0.1, 0.15) is 19.9 Å². The summed E-state index contributed by atoms with van der Waals surface area (Å²) in [6, 6.07) is 10.2. The van der Waals surface area contributed by atoms with E-state index in [1.54, 1.807) is 0 Å². The second-order valence-corrected chi connectivity index (χ2v) is 4.24. The van der Waals surface area contributed by atoms with Crippen LogP contribution in [0.25, 0.3) is 11.1 Å². The Hall–Kier alpha value is -1.90. The van der Waals surface area contributed by atoms with E-state index >= 15 is 0 Å². The normalized spacial score (nSPS) is 10.9. The molecule has 2 aromatic rings. The summed E-state index contributed by atoms with van der Waals surface area (Å²) >= 11 is 0. The first kappa shape index (κ1) is 10.6. The van der Waals surface area contributed by atoms with Crippen LogP contribution in [0, 0.1) is 0 Å². The molecular weight excluding hydrogens is 198 g/mol. The van der Waals surface area contributed by atoms with Gasteiger partial charge in [0, 0.05) is 23.5 Å². The van der Waals surface area contributed by atoms with Crippen LogP contribution < -0.4 is 11.5 Å². The van der Waals surface area contributed by atoms with E-state index in [9.17, 15) is 0 Å². The Bertz CT molecular complexity index is 498. The van der Waals surface area contributed by atoms with Gasteiger partial charge in [-0.1, -0.05) is 12.1 Å². The molecule has 4 N–H and O–H groups in total. The molecule has 0 atom stereocenters. The molecular formula is C13H17N3. The third-order valence-electron chi connectivity index (χ3n) is 2.71. The van der Waals surface area contributed by atoms with E-state index in [-0.39, 0.29) is 0 Å². The van der Waals surface area contributed by atoms with E-state index in [4.69, 9.17) is 11.5 Å². The number of nitrogens with two attached hydrogens (primary N) is 2. The fraction of sp³-hybridized carbons (Fsp3) is 0.231. The molecule has 84 valence electrons. The van der Waals surface area contributed by atoms with Crippen LogP contribution in [0.5, 0.6) is 0 Å². The SMILES string of the molecule is CC(C)n1ccc(-c2cccc(N)c2)c1N. The minimum Gasteiger partial charge on any atom is -0.399 e. The maximum atomic E-state index is 6.11. The van der Waals surface area contributed by atoms with Gasteiger partial charge in [-0.05, 0) is 37.6 Å². The zero-order chi connectivity index (χ0) is 11.7. The minimum atomic E-state index is 0.370. The third-order valence-corrected chi connectivity index (χ3v) is 2.71. The van der Waals surface area contributed by atoms with Gasteiger partial charge in [-0.15, -0.1) is 0 Å². The van der Waals surface area contributed by atoms with Crippen LogP contribution in [-0.2, 0) is 0 Å². The maximum Gasteiger partial charge on any atom is 0.111 e. The van der Waals surface area contributed by atoms with E-state index in [1.807, 2.05) is 36.5 Å². The Labute approximate surface area is 95.7 Å². The van der Waals surface area contributed by atoms with E-state index < -0.39 is 0 Å². The molecule has 0 radical (unpaired) electrons. The van der Waals surface area contributed by atoms with E-state index in [0.717, 1.165) is 22.6 Å². The molecule has 0 bridgehead atoms. The van der Waals surface area contributed by atoms with Gasteiger partial charge in [-0.25, -0.2) is 0 Å². The molecule has 16 heavy (non-hydrogen) atoms. The Morgan fingerprint density at radius 3 is 2.44 bits per heavy atom. The van der Waals surface area contributed by atoms with Crippen LogP contribution in [0.15, 0.2) is 36.5 Å². The Morgan fingerprint density at radius 1 is 1.12 bits per heavy atom. The summed E-state index contributed by atoms with van der Waals surface area (Å²) in [5.74, 6) is 0.792. The highest BCUT2D eigenvalue weighted by Gasteiger charge is 2.09. The molecule has 0 aliphatic heterocycles. The van der Waals surface area contributed by atoms with Gasteiger partial charge >= 0.3 is 0 Å². The second-order valence-electron chi connectivity index (χ2n) is 4.24. The van der Waals surface area contributed by atoms with Crippen molar-refractivity contribution in [3.8, 4) is 11.1 Å². The summed E-state index contributed by atoms with van der Waals surface area (Å²) in [7, 11) is 0. The highest BCUT2D eigenvalue weighted by atomic mass is 15.1. The van der Waals surface area contributed by atoms with Gasteiger partial charge in [0.05, 0.1) is 0 Å². The monoisotopic (exact) mass is 215 g/mol. The standard InChI is InChI=1S/C13H17N3/c1-9(2)16-7-6-12(13(16)15)10-4-3-5-11(14)8-10/h3-9H,14-15H2,1-2H3. The molecule has 3 heteroatoms. The molecule has 2 rings (SSSR count). The Kier molecular flexibility index (Phi) is 2.60. The average molecular weight is 215 g/mol. The van der Waals surface area contributed by atoms with Crippen molar-refractivity contribution in [3.63, 3.8) is 0 Å². The molecule has 0 aliphatic rings. The van der Waals surface area contributed by atoms with Crippen molar-refractivity contribution in [2.24, 2.45) is 0 Å². The molecule has 1 aromatic carbocycles. The predicted molar refractivity (Wildman–Crippen MR) is 69.1 cm³/mol. The lowest BCUT2D eigenvalue weighted by atomic mass is 10.1. The predicted octanol–water partition coefficient (Wildman–Crippen LogP) is 2.90. The van der Waals surface area contributed by atoms with E-state index in [1.165, 1.54) is 0 Å². The number of rotatable bonds is 2. The lowest BCUT2D eigenvalue weighted by molar-refractivity contribution is 0.612. The average Bonchev–Trinajstić information content (AvgIpc) is 2.60. The number of benzene rings is 1. The lowest BCUT2D eigenvalue weighted by Gasteiger charge is -2.10. The summed E-state index contributed by atoms with van der Waals surface area (Å²) in [6.45, 7) is 4.22. The number of nitrogen functional groups attached to an aromatic ring is 2. The number of aromatic nitrogens is 1. The zero-order valence-corrected chi connectivity index (χ0v) is 9.64. The minimum absolute atomic E-state index is 0.370. The van der Waals surface area contributed by atoms with Gasteiger partial charge in [0.25, 0.3) is 0 Å². The van der Waals surface area contributed by atoms with Crippen LogP contribution in [0.3, 0.4) is 0 Å². The van der Waals surface area contributed by atoms with Crippen molar-refractivity contribution in [2.75, 3.05) is 11.5 Å². The first-order valence-electron chi connectivity index (χ1n) is 5.42. The molecule has 0 amide bonds. The zero-order valence-electron chi connectivity index (χ0n) is 9.64. The first-order valence-corrected chi connectivity index (χ1v) is 5.42. The van der Waals surface area contributed by atoms with Gasteiger partial charge in [0.15, 0.2) is 0 Å². The molecule has 0 aliphatic carbocycles. The number of hydrogen-bond donors (Lipinski definition) is 2. The number of anilines is 2. The Morgan fingerprint density at radius 2 is 1.88 bits per heavy atom. The summed E-state index contributed by atoms with van der Waals surface area (Å²) in [5.41, 5.74) is 14.7. The van der Waals surface area contributed by atoms with Gasteiger partial charge < -0.3 is 16.0 Å². The van der Waals surface area contributed by atoms with Crippen molar-refractivity contribution in [1.82, 2.24) is 4.57 Å². The summed E-state index contributed by atoms with van der Waals surface area (Å²) in [5, 5.41) is 0. The van der Waals surface area contributed by atoms with Crippen LogP contribution in [0.4, 0.5) is 11.5 Å². The van der Waals surface area contributed by atoms with Crippen molar-refractivity contribution >= 4 is 11.5 Å². The van der Waals surface area contributed by atoms with E-state index in [0.29, 0.717) is 6.04 Å². The number of hydrogen-bond acceptors (Lipinski definition) is 2. The molecule has 0 spiro atoms. The lowest BCUT2D eigenvalue weighted by Crippen LogP contribution is -2.04. The van der Waals surface area contributed by atoms with Crippen LogP contribution >= 0.6 is 0 Å². The smallest absolute Gasteiger partial charge is 0.111 e. The highest BCUT2D eigenvalue weighted by Crippen LogP contribution is 2.29. The molecule has 1 aromatic heterocycles. The molecule has 0 saturated carbocycles. The fourth-order valence-electron chi connectivity index (χ4n) is 1.86. The van der Waals surface area contributed by atoms with E-state index in [2.05, 4.69) is 18.4 Å². The molecule has 0 saturated heterocycles. The first-order chi connectivity index (χ1) is 7.59. The van der Waals surface area contributed by atoms with Crippen molar-refractivity contribution < 1.29 is 0 Å². The molecule has 1 heterocycles. The largest absolute Gasteiger partial charge is 0.399 e. The highest BCUT2D eigenvalue weighted by molar-refractivity contribution is 5.76. The molecule has 0 unspecified atom stereocenters. The summed E-state index contributed by atoms with van der Waals surface area (Å²) in [4.78, 5) is 0. The van der Waals surface area contributed by atoms with Gasteiger partial charge in [0.1, 0.15) is 5.82 Å². The molecule has 0 fully saturated rings. The van der Waals surface area contributed by atoms with Gasteiger partial charge in [-0.3, -0.25) is 0 Å². The fourth-order valence-corrected chi connectivity index (χ4v) is 1.86. The topological polar surface area (TPSA) is 57.0 Å². The summed E-state index contributed by atoms with van der Waals surface area (Å²) in [6.07, 6.45) is 2.01. The second kappa shape index (κ2) is 3.93. The third kappa shape index (κ3) is 1.76. The van der Waals surface area contributed by atoms with Crippen molar-refractivity contribution in [2.45, 2.75) is 19.9 Å². The summed E-state index contributed by atoms with van der Waals surface area (Å²) < 4.78 is 2.05. The quantitative estimate of drug-likeness (QED) is 0.757. The number of nitrogens with zero attached hydrogens (tertiary/aromatic N) is 1. The Balaban J connectivity index is 2.49. The molecule has 3 nitrogen and oxygen atoms in total. The van der Waals surface area contributed by atoms with Gasteiger partial charge in [-0.2, -0.15) is 0 Å². The van der Waals surface area contributed by atoms with Crippen LogP contribution in [0.2, 0.25) is 0 Å². The van der Waals surface area contributed by atoms with Gasteiger partial charge in [0.2, 0.25) is 0 Å². The van der Waals surface area contributed by atoms with Crippen molar-refractivity contribution in [1.29, 1.82) is 0 Å².